The molecule has 2 fully saturated rings. The van der Waals surface area contributed by atoms with Gasteiger partial charge in [0.25, 0.3) is 0 Å². The van der Waals surface area contributed by atoms with Crippen molar-refractivity contribution in [1.82, 2.24) is 16.0 Å². The first-order valence-electron chi connectivity index (χ1n) is 20.5. The van der Waals surface area contributed by atoms with Gasteiger partial charge in [0, 0.05) is 44.7 Å². The second-order valence-corrected chi connectivity index (χ2v) is 15.4. The second kappa shape index (κ2) is 22.2. The highest BCUT2D eigenvalue weighted by atomic mass is 19.1. The zero-order valence-corrected chi connectivity index (χ0v) is 33.8. The Balaban J connectivity index is 1.19. The van der Waals surface area contributed by atoms with Gasteiger partial charge in [0.15, 0.2) is 5.79 Å². The van der Waals surface area contributed by atoms with Gasteiger partial charge in [-0.1, -0.05) is 86.6 Å². The summed E-state index contributed by atoms with van der Waals surface area (Å²) in [6.07, 6.45) is 0.933. The Kier molecular flexibility index (Phi) is 16.9. The molecule has 314 valence electrons. The molecule has 0 bridgehead atoms. The lowest BCUT2D eigenvalue weighted by Gasteiger charge is -2.47. The molecule has 0 aromatic heterocycles. The minimum Gasteiger partial charge on any atom is -0.464 e. The summed E-state index contributed by atoms with van der Waals surface area (Å²) < 4.78 is 43.3. The van der Waals surface area contributed by atoms with Gasteiger partial charge in [-0.25, -0.2) is 18.8 Å². The Morgan fingerprint density at radius 3 is 2.19 bits per heavy atom. The first-order chi connectivity index (χ1) is 28.0. The Hall–Kier alpha value is -5.01. The number of nitrogens with one attached hydrogen (secondary N) is 3. The molecule has 3 amide bonds. The monoisotopic (exact) mass is 803 g/mol. The highest BCUT2D eigenvalue weighted by Crippen LogP contribution is 2.41. The number of amides is 3. The topological polar surface area (TPSA) is 151 Å². The van der Waals surface area contributed by atoms with E-state index in [-0.39, 0.29) is 62.6 Å². The molecule has 5 atom stereocenters. The van der Waals surface area contributed by atoms with Crippen LogP contribution in [0.15, 0.2) is 84.9 Å². The van der Waals surface area contributed by atoms with Gasteiger partial charge in [0.2, 0.25) is 5.91 Å². The first kappa shape index (κ1) is 44.1. The molecule has 0 aliphatic carbocycles. The van der Waals surface area contributed by atoms with E-state index in [9.17, 15) is 23.6 Å². The molecule has 0 saturated carbocycles. The molecule has 5 rings (SSSR count). The summed E-state index contributed by atoms with van der Waals surface area (Å²) in [5.41, 5.74) is 3.01. The lowest BCUT2D eigenvalue weighted by molar-refractivity contribution is -0.329. The van der Waals surface area contributed by atoms with Gasteiger partial charge in [0.05, 0.1) is 18.8 Å². The number of benzene rings is 3. The van der Waals surface area contributed by atoms with Crippen molar-refractivity contribution in [2.45, 2.75) is 115 Å². The normalized spacial score (nSPS) is 20.9. The Labute approximate surface area is 340 Å². The zero-order valence-electron chi connectivity index (χ0n) is 33.8. The second-order valence-electron chi connectivity index (χ2n) is 15.4. The highest BCUT2D eigenvalue weighted by molar-refractivity contribution is 5.84. The third kappa shape index (κ3) is 14.1. The fourth-order valence-corrected chi connectivity index (χ4v) is 7.61. The van der Waals surface area contributed by atoms with Crippen LogP contribution >= 0.6 is 0 Å². The van der Waals surface area contributed by atoms with Crippen LogP contribution in [0.3, 0.4) is 0 Å². The SMILES string of the molecule is CCOC(=O)[C@H](CC(C)C)NC(=O)CCC1CC(OC(=O)NCCc2ccc(F)cc2)CC2(CCCC(COC(=O)NCC(c3ccccc3)c3ccccc3)O2)O1. The highest BCUT2D eigenvalue weighted by Gasteiger charge is 2.47. The lowest BCUT2D eigenvalue weighted by Crippen LogP contribution is -2.54. The molecule has 3 N–H and O–H groups in total. The number of alkyl carbamates (subject to hydrolysis) is 2. The van der Waals surface area contributed by atoms with Gasteiger partial charge in [-0.2, -0.15) is 0 Å². The molecule has 2 heterocycles. The molecule has 1 spiro atoms. The van der Waals surface area contributed by atoms with Crippen LogP contribution in [0.5, 0.6) is 0 Å². The number of carbonyl (C=O) groups excluding carboxylic acids is 4. The van der Waals surface area contributed by atoms with Crippen LogP contribution in [-0.2, 0) is 39.7 Å². The summed E-state index contributed by atoms with van der Waals surface area (Å²) in [4.78, 5) is 51.8. The maximum Gasteiger partial charge on any atom is 0.407 e. The summed E-state index contributed by atoms with van der Waals surface area (Å²) in [5.74, 6) is -2.17. The van der Waals surface area contributed by atoms with Crippen LogP contribution in [0.4, 0.5) is 14.0 Å². The standard InChI is InChI=1S/C45H58FN3O9/c1-4-54-42(51)40(26-31(2)3)49-41(50)22-21-36-27-38(56-44(53)47-25-23-32-17-19-35(46)20-18-32)28-45(57-36)24-11-16-37(58-45)30-55-43(52)48-29-39(33-12-7-5-8-13-33)34-14-9-6-10-15-34/h5-10,12-15,17-20,31,36-40H,4,11,16,21-30H2,1-3H3,(H,47,53)(H,48,52)(H,49,50)/t36?,37?,38?,40-,45?/m0/s1. The lowest BCUT2D eigenvalue weighted by atomic mass is 9.90. The van der Waals surface area contributed by atoms with E-state index >= 15 is 0 Å². The van der Waals surface area contributed by atoms with Crippen LogP contribution in [0.25, 0.3) is 0 Å². The number of ether oxygens (including phenoxy) is 5. The molecular weight excluding hydrogens is 746 g/mol. The van der Waals surface area contributed by atoms with Crippen molar-refractivity contribution >= 4 is 24.1 Å². The average Bonchev–Trinajstić information content (AvgIpc) is 3.20. The summed E-state index contributed by atoms with van der Waals surface area (Å²) in [6.45, 7) is 6.48. The van der Waals surface area contributed by atoms with E-state index in [1.54, 1.807) is 19.1 Å². The van der Waals surface area contributed by atoms with E-state index in [4.69, 9.17) is 23.7 Å². The number of hydrogen-bond donors (Lipinski definition) is 3. The van der Waals surface area contributed by atoms with E-state index in [1.165, 1.54) is 12.1 Å². The van der Waals surface area contributed by atoms with E-state index in [0.29, 0.717) is 45.1 Å². The van der Waals surface area contributed by atoms with Crippen LogP contribution in [-0.4, -0.2) is 80.5 Å². The van der Waals surface area contributed by atoms with Crippen LogP contribution in [0, 0.1) is 11.7 Å². The van der Waals surface area contributed by atoms with Crippen LogP contribution in [0.1, 0.15) is 94.7 Å². The van der Waals surface area contributed by atoms with E-state index in [1.807, 2.05) is 74.5 Å². The minimum absolute atomic E-state index is 0.00808. The average molecular weight is 804 g/mol. The number of esters is 1. The van der Waals surface area contributed by atoms with Gasteiger partial charge in [0.1, 0.15) is 24.6 Å². The summed E-state index contributed by atoms with van der Waals surface area (Å²) in [5, 5.41) is 8.53. The van der Waals surface area contributed by atoms with Crippen molar-refractivity contribution in [2.24, 2.45) is 5.92 Å². The smallest absolute Gasteiger partial charge is 0.407 e. The maximum atomic E-state index is 13.3. The largest absolute Gasteiger partial charge is 0.464 e. The summed E-state index contributed by atoms with van der Waals surface area (Å²) >= 11 is 0. The van der Waals surface area contributed by atoms with E-state index in [2.05, 4.69) is 16.0 Å². The molecular formula is C45H58FN3O9. The van der Waals surface area contributed by atoms with Crippen molar-refractivity contribution in [1.29, 1.82) is 0 Å². The van der Waals surface area contributed by atoms with Gasteiger partial charge >= 0.3 is 18.2 Å². The van der Waals surface area contributed by atoms with Gasteiger partial charge in [-0.3, -0.25) is 4.79 Å². The number of carbonyl (C=O) groups is 4. The molecule has 3 aromatic rings. The minimum atomic E-state index is -1.14. The van der Waals surface area contributed by atoms with Crippen LogP contribution in [0.2, 0.25) is 0 Å². The molecule has 2 aliphatic rings. The number of hydrogen-bond acceptors (Lipinski definition) is 9. The Bertz CT molecular complexity index is 1710. The fourth-order valence-electron chi connectivity index (χ4n) is 7.61. The van der Waals surface area contributed by atoms with Crippen molar-refractivity contribution in [3.63, 3.8) is 0 Å². The molecule has 2 saturated heterocycles. The van der Waals surface area contributed by atoms with Gasteiger partial charge < -0.3 is 39.6 Å². The molecule has 4 unspecified atom stereocenters. The zero-order chi connectivity index (χ0) is 41.3. The third-order valence-corrected chi connectivity index (χ3v) is 10.3. The number of rotatable bonds is 18. The molecule has 12 nitrogen and oxygen atoms in total. The molecule has 3 aromatic carbocycles. The molecule has 0 radical (unpaired) electrons. The van der Waals surface area contributed by atoms with Crippen LogP contribution < -0.4 is 16.0 Å². The molecule has 58 heavy (non-hydrogen) atoms. The predicted octanol–water partition coefficient (Wildman–Crippen LogP) is 7.34. The van der Waals surface area contributed by atoms with Gasteiger partial charge in [-0.05, 0) is 73.8 Å². The maximum absolute atomic E-state index is 13.3. The summed E-state index contributed by atoms with van der Waals surface area (Å²) in [7, 11) is 0. The first-order valence-corrected chi connectivity index (χ1v) is 20.5. The predicted molar refractivity (Wildman–Crippen MR) is 215 cm³/mol. The summed E-state index contributed by atoms with van der Waals surface area (Å²) in [6, 6.07) is 25.3. The van der Waals surface area contributed by atoms with E-state index in [0.717, 1.165) is 16.7 Å². The van der Waals surface area contributed by atoms with Crippen molar-refractivity contribution in [3.8, 4) is 0 Å². The van der Waals surface area contributed by atoms with E-state index < -0.39 is 48.3 Å². The molecule has 2 aliphatic heterocycles. The number of halogens is 1. The van der Waals surface area contributed by atoms with Crippen molar-refractivity contribution < 1.29 is 47.3 Å². The van der Waals surface area contributed by atoms with Crippen molar-refractivity contribution in [2.75, 3.05) is 26.3 Å². The Morgan fingerprint density at radius 1 is 0.862 bits per heavy atom. The fraction of sp³-hybridized carbons (Fsp3) is 0.511. The van der Waals surface area contributed by atoms with Crippen molar-refractivity contribution in [3.05, 3.63) is 107 Å². The third-order valence-electron chi connectivity index (χ3n) is 10.3. The van der Waals surface area contributed by atoms with Gasteiger partial charge in [-0.15, -0.1) is 0 Å². The Morgan fingerprint density at radius 2 is 1.53 bits per heavy atom. The molecule has 13 heteroatoms. The quantitative estimate of drug-likeness (QED) is 0.0887.